The van der Waals surface area contributed by atoms with Crippen molar-refractivity contribution in [3.8, 4) is 0 Å². The van der Waals surface area contributed by atoms with Crippen LogP contribution in [0.3, 0.4) is 0 Å². The van der Waals surface area contributed by atoms with Gasteiger partial charge in [0, 0.05) is 6.42 Å². The molecule has 0 aliphatic rings. The lowest BCUT2D eigenvalue weighted by molar-refractivity contribution is -0.145. The molecule has 0 aliphatic heterocycles. The summed E-state index contributed by atoms with van der Waals surface area (Å²) in [6.07, 6.45) is 8.80. The molecule has 0 atom stereocenters. The van der Waals surface area contributed by atoms with Crippen LogP contribution in [0.15, 0.2) is 91.0 Å². The fourth-order valence-electron chi connectivity index (χ4n) is 5.52. The van der Waals surface area contributed by atoms with E-state index in [2.05, 4.69) is 43.3 Å². The number of carbonyl (C=O) groups excluding carboxylic acids is 1. The maximum Gasteiger partial charge on any atom is 0.305 e. The molecule has 0 bridgehead atoms. The molecular formula is C41H58O8. The van der Waals surface area contributed by atoms with E-state index in [9.17, 15) is 4.79 Å². The number of carbonyl (C=O) groups is 1. The second-order valence-electron chi connectivity index (χ2n) is 11.8. The van der Waals surface area contributed by atoms with Crippen LogP contribution in [0.5, 0.6) is 0 Å². The maximum atomic E-state index is 11.8. The van der Waals surface area contributed by atoms with Crippen LogP contribution >= 0.6 is 0 Å². The molecular weight excluding hydrogens is 620 g/mol. The molecule has 0 aromatic heterocycles. The molecule has 0 N–H and O–H groups in total. The first-order chi connectivity index (χ1) is 24.3. The van der Waals surface area contributed by atoms with Crippen LogP contribution in [0.4, 0.5) is 0 Å². The van der Waals surface area contributed by atoms with E-state index in [1.54, 1.807) is 0 Å². The van der Waals surface area contributed by atoms with Crippen LogP contribution in [-0.2, 0) is 43.6 Å². The summed E-state index contributed by atoms with van der Waals surface area (Å²) < 4.78 is 40.0. The minimum atomic E-state index is -0.750. The molecule has 0 saturated carbocycles. The molecule has 3 aromatic rings. The summed E-state index contributed by atoms with van der Waals surface area (Å²) >= 11 is 0. The molecule has 0 unspecified atom stereocenters. The molecule has 0 radical (unpaired) electrons. The fraction of sp³-hybridized carbons (Fsp3) is 0.537. The van der Waals surface area contributed by atoms with Gasteiger partial charge in [-0.1, -0.05) is 136 Å². The van der Waals surface area contributed by atoms with Gasteiger partial charge in [0.15, 0.2) is 0 Å². The zero-order valence-corrected chi connectivity index (χ0v) is 29.6. The molecule has 0 amide bonds. The Morgan fingerprint density at radius 2 is 0.796 bits per heavy atom. The van der Waals surface area contributed by atoms with E-state index in [1.807, 2.05) is 54.6 Å². The first-order valence-electron chi connectivity index (χ1n) is 18.1. The smallest absolute Gasteiger partial charge is 0.305 e. The third-order valence-electron chi connectivity index (χ3n) is 8.05. The number of unbranched alkanes of at least 4 members (excludes halogenated alkanes) is 6. The van der Waals surface area contributed by atoms with Gasteiger partial charge in [-0.05, 0) is 23.1 Å². The molecule has 0 spiro atoms. The second kappa shape index (κ2) is 26.7. The van der Waals surface area contributed by atoms with E-state index in [4.69, 9.17) is 33.2 Å². The number of ether oxygens (including phenoxy) is 7. The first kappa shape index (κ1) is 40.3. The molecule has 8 nitrogen and oxygen atoms in total. The summed E-state index contributed by atoms with van der Waals surface area (Å²) in [5.41, 5.74) is 2.45. The molecule has 0 saturated heterocycles. The summed E-state index contributed by atoms with van der Waals surface area (Å²) in [5, 5.41) is 0. The fourth-order valence-corrected chi connectivity index (χ4v) is 5.52. The van der Waals surface area contributed by atoms with E-state index in [1.165, 1.54) is 32.1 Å². The predicted octanol–water partition coefficient (Wildman–Crippen LogP) is 7.76. The van der Waals surface area contributed by atoms with Crippen molar-refractivity contribution in [3.63, 3.8) is 0 Å². The monoisotopic (exact) mass is 678 g/mol. The highest BCUT2D eigenvalue weighted by molar-refractivity contribution is 5.69. The van der Waals surface area contributed by atoms with Crippen molar-refractivity contribution in [2.45, 2.75) is 63.9 Å². The van der Waals surface area contributed by atoms with Crippen molar-refractivity contribution in [2.75, 3.05) is 79.3 Å². The van der Waals surface area contributed by atoms with Gasteiger partial charge >= 0.3 is 5.97 Å². The van der Waals surface area contributed by atoms with E-state index in [0.29, 0.717) is 79.1 Å². The Labute approximate surface area is 294 Å². The largest absolute Gasteiger partial charge is 0.463 e. The van der Waals surface area contributed by atoms with Crippen molar-refractivity contribution in [1.82, 2.24) is 0 Å². The Hall–Kier alpha value is -3.11. The minimum Gasteiger partial charge on any atom is -0.463 e. The molecule has 0 fully saturated rings. The minimum absolute atomic E-state index is 0.138. The molecule has 270 valence electrons. The van der Waals surface area contributed by atoms with Crippen LogP contribution in [0.25, 0.3) is 0 Å². The highest BCUT2D eigenvalue weighted by atomic mass is 16.6. The molecule has 3 rings (SSSR count). The maximum absolute atomic E-state index is 11.8. The summed E-state index contributed by atoms with van der Waals surface area (Å²) in [6, 6.07) is 31.0. The predicted molar refractivity (Wildman–Crippen MR) is 193 cm³/mol. The molecule has 0 aliphatic carbocycles. The highest BCUT2D eigenvalue weighted by Gasteiger charge is 2.37. The van der Waals surface area contributed by atoms with Crippen LogP contribution in [0, 0.1) is 0 Å². The average Bonchev–Trinajstić information content (AvgIpc) is 3.15. The zero-order chi connectivity index (χ0) is 34.5. The van der Waals surface area contributed by atoms with Gasteiger partial charge in [0.1, 0.15) is 12.2 Å². The van der Waals surface area contributed by atoms with Gasteiger partial charge in [0.2, 0.25) is 0 Å². The third-order valence-corrected chi connectivity index (χ3v) is 8.05. The van der Waals surface area contributed by atoms with Gasteiger partial charge in [0.05, 0.1) is 72.7 Å². The topological polar surface area (TPSA) is 81.7 Å². The van der Waals surface area contributed by atoms with Gasteiger partial charge in [-0.15, -0.1) is 0 Å². The molecule has 0 heterocycles. The summed E-state index contributed by atoms with van der Waals surface area (Å²) in [7, 11) is 0. The molecule has 8 heteroatoms. The van der Waals surface area contributed by atoms with Gasteiger partial charge in [0.25, 0.3) is 0 Å². The lowest BCUT2D eigenvalue weighted by Crippen LogP contribution is -2.34. The average molecular weight is 679 g/mol. The quantitative estimate of drug-likeness (QED) is 0.0402. The molecule has 3 aromatic carbocycles. The van der Waals surface area contributed by atoms with E-state index >= 15 is 0 Å². The van der Waals surface area contributed by atoms with Crippen molar-refractivity contribution in [1.29, 1.82) is 0 Å². The lowest BCUT2D eigenvalue weighted by Gasteiger charge is -2.36. The van der Waals surface area contributed by atoms with Crippen LogP contribution < -0.4 is 0 Å². The summed E-state index contributed by atoms with van der Waals surface area (Å²) in [4.78, 5) is 11.8. The number of benzene rings is 3. The standard InChI is InChI=1S/C41H58O8/c1-2-3-4-5-6-7-17-24-40(42)48-35-33-46-31-29-44-27-25-43-26-28-45-30-32-47-34-36-49-41(37-18-11-8-12-19-37,38-20-13-9-14-21-38)39-22-15-10-16-23-39/h8-16,18-23H,2-7,17,24-36H2,1H3. The van der Waals surface area contributed by atoms with Crippen molar-refractivity contribution >= 4 is 5.97 Å². The number of rotatable bonds is 30. The lowest BCUT2D eigenvalue weighted by atomic mass is 9.80. The number of esters is 1. The van der Waals surface area contributed by atoms with Gasteiger partial charge in [-0.3, -0.25) is 4.79 Å². The SMILES string of the molecule is CCCCCCCCCC(=O)OCCOCCOCCOCCOCCOCCOC(c1ccccc1)(c1ccccc1)c1ccccc1. The van der Waals surface area contributed by atoms with Crippen LogP contribution in [0.1, 0.15) is 75.0 Å². The molecule has 49 heavy (non-hydrogen) atoms. The van der Waals surface area contributed by atoms with E-state index in [0.717, 1.165) is 29.5 Å². The Morgan fingerprint density at radius 3 is 1.20 bits per heavy atom. The van der Waals surface area contributed by atoms with Gasteiger partial charge < -0.3 is 33.2 Å². The Kier molecular flexibility index (Phi) is 22.0. The number of hydrogen-bond donors (Lipinski definition) is 0. The van der Waals surface area contributed by atoms with Crippen LogP contribution in [-0.4, -0.2) is 85.3 Å². The summed E-state index contributed by atoms with van der Waals surface area (Å²) in [6.45, 7) is 7.56. The second-order valence-corrected chi connectivity index (χ2v) is 11.8. The third kappa shape index (κ3) is 16.4. The summed E-state index contributed by atoms with van der Waals surface area (Å²) in [5.74, 6) is -0.138. The number of hydrogen-bond acceptors (Lipinski definition) is 8. The van der Waals surface area contributed by atoms with E-state index < -0.39 is 5.60 Å². The van der Waals surface area contributed by atoms with Crippen molar-refractivity contribution in [3.05, 3.63) is 108 Å². The van der Waals surface area contributed by atoms with Crippen molar-refractivity contribution < 1.29 is 38.0 Å². The zero-order valence-electron chi connectivity index (χ0n) is 29.6. The van der Waals surface area contributed by atoms with Crippen molar-refractivity contribution in [2.24, 2.45) is 0 Å². The van der Waals surface area contributed by atoms with E-state index in [-0.39, 0.29) is 12.6 Å². The van der Waals surface area contributed by atoms with Crippen LogP contribution in [0.2, 0.25) is 0 Å². The highest BCUT2D eigenvalue weighted by Crippen LogP contribution is 2.40. The van der Waals surface area contributed by atoms with Gasteiger partial charge in [-0.25, -0.2) is 0 Å². The normalized spacial score (nSPS) is 11.5. The first-order valence-corrected chi connectivity index (χ1v) is 18.1. The van der Waals surface area contributed by atoms with Gasteiger partial charge in [-0.2, -0.15) is 0 Å². The Morgan fingerprint density at radius 1 is 0.449 bits per heavy atom. The Balaban J connectivity index is 1.15. The Bertz CT molecular complexity index is 1100.